The fourth-order valence-electron chi connectivity index (χ4n) is 2.19. The van der Waals surface area contributed by atoms with Crippen molar-refractivity contribution < 1.29 is 14.3 Å². The van der Waals surface area contributed by atoms with Gasteiger partial charge in [-0.1, -0.05) is 0 Å². The summed E-state index contributed by atoms with van der Waals surface area (Å²) in [7, 11) is 6.92. The van der Waals surface area contributed by atoms with Crippen LogP contribution in [0, 0.1) is 0 Å². The maximum Gasteiger partial charge on any atom is 0.308 e. The van der Waals surface area contributed by atoms with Gasteiger partial charge >= 0.3 is 5.97 Å². The average molecular weight is 290 g/mol. The number of anilines is 1. The molecule has 1 heterocycles. The first kappa shape index (κ1) is 14.9. The molecule has 0 radical (unpaired) electrons. The number of aryl methyl sites for hydroxylation is 1. The summed E-state index contributed by atoms with van der Waals surface area (Å²) in [6.45, 7) is 1.25. The fourth-order valence-corrected chi connectivity index (χ4v) is 2.19. The average Bonchev–Trinajstić information content (AvgIpc) is 2.44. The number of pyridine rings is 1. The number of ether oxygens (including phenoxy) is 2. The standard InChI is InChI=1S/C15H18N2O4/c1-9(18)21-14-13(20-5)11-7-6-10(16(2)3)8-12(11)17(4)15(14)19/h6-8H,1-5H3. The molecule has 1 aromatic heterocycles. The molecule has 1 aromatic carbocycles. The van der Waals surface area contributed by atoms with E-state index in [2.05, 4.69) is 0 Å². The lowest BCUT2D eigenvalue weighted by atomic mass is 10.1. The van der Waals surface area contributed by atoms with Gasteiger partial charge in [0.25, 0.3) is 5.56 Å². The number of esters is 1. The second kappa shape index (κ2) is 5.47. The van der Waals surface area contributed by atoms with Crippen LogP contribution in [0.4, 0.5) is 5.69 Å². The van der Waals surface area contributed by atoms with Gasteiger partial charge in [-0.15, -0.1) is 0 Å². The molecule has 2 rings (SSSR count). The Hall–Kier alpha value is -2.50. The molecule has 6 nitrogen and oxygen atoms in total. The first-order valence-corrected chi connectivity index (χ1v) is 6.43. The molecule has 0 bridgehead atoms. The summed E-state index contributed by atoms with van der Waals surface area (Å²) >= 11 is 0. The van der Waals surface area contributed by atoms with E-state index in [1.165, 1.54) is 18.6 Å². The van der Waals surface area contributed by atoms with Gasteiger partial charge in [0.15, 0.2) is 5.75 Å². The van der Waals surface area contributed by atoms with Gasteiger partial charge in [-0.05, 0) is 18.2 Å². The molecule has 0 N–H and O–H groups in total. The van der Waals surface area contributed by atoms with Crippen LogP contribution in [0.2, 0.25) is 0 Å². The summed E-state index contributed by atoms with van der Waals surface area (Å²) in [4.78, 5) is 25.5. The number of aromatic nitrogens is 1. The number of rotatable bonds is 3. The summed E-state index contributed by atoms with van der Waals surface area (Å²) in [6.07, 6.45) is 0. The van der Waals surface area contributed by atoms with E-state index in [0.717, 1.165) is 5.69 Å². The maximum atomic E-state index is 12.4. The van der Waals surface area contributed by atoms with Crippen LogP contribution in [0.25, 0.3) is 10.9 Å². The van der Waals surface area contributed by atoms with Crippen LogP contribution < -0.4 is 19.9 Å². The smallest absolute Gasteiger partial charge is 0.308 e. The zero-order valence-corrected chi connectivity index (χ0v) is 12.8. The predicted octanol–water partition coefficient (Wildman–Crippen LogP) is 1.54. The molecule has 0 amide bonds. The summed E-state index contributed by atoms with van der Waals surface area (Å²) < 4.78 is 11.8. The van der Waals surface area contributed by atoms with Crippen LogP contribution in [0.5, 0.6) is 11.5 Å². The van der Waals surface area contributed by atoms with E-state index in [-0.39, 0.29) is 11.5 Å². The Kier molecular flexibility index (Phi) is 3.88. The molecular weight excluding hydrogens is 272 g/mol. The first-order chi connectivity index (χ1) is 9.86. The molecule has 0 spiro atoms. The molecule has 2 aromatic rings. The second-order valence-electron chi connectivity index (χ2n) is 4.92. The van der Waals surface area contributed by atoms with Crippen molar-refractivity contribution >= 4 is 22.6 Å². The van der Waals surface area contributed by atoms with Gasteiger partial charge in [-0.3, -0.25) is 9.59 Å². The Morgan fingerprint density at radius 2 is 1.90 bits per heavy atom. The van der Waals surface area contributed by atoms with Crippen LogP contribution >= 0.6 is 0 Å². The molecule has 0 aliphatic rings. The highest BCUT2D eigenvalue weighted by Crippen LogP contribution is 2.33. The molecule has 0 aliphatic carbocycles. The predicted molar refractivity (Wildman–Crippen MR) is 81.4 cm³/mol. The number of methoxy groups -OCH3 is 1. The van der Waals surface area contributed by atoms with E-state index in [1.54, 1.807) is 7.05 Å². The van der Waals surface area contributed by atoms with Crippen molar-refractivity contribution in [3.8, 4) is 11.5 Å². The first-order valence-electron chi connectivity index (χ1n) is 6.43. The highest BCUT2D eigenvalue weighted by molar-refractivity contribution is 5.91. The Bertz CT molecular complexity index is 762. The molecule has 0 atom stereocenters. The van der Waals surface area contributed by atoms with Crippen molar-refractivity contribution in [2.75, 3.05) is 26.1 Å². The minimum Gasteiger partial charge on any atom is -0.492 e. The molecule has 112 valence electrons. The number of hydrogen-bond acceptors (Lipinski definition) is 5. The van der Waals surface area contributed by atoms with Gasteiger partial charge in [0.2, 0.25) is 5.75 Å². The van der Waals surface area contributed by atoms with Crippen molar-refractivity contribution in [1.82, 2.24) is 4.57 Å². The number of nitrogens with zero attached hydrogens (tertiary/aromatic N) is 2. The van der Waals surface area contributed by atoms with Crippen LogP contribution in [-0.4, -0.2) is 31.7 Å². The normalized spacial score (nSPS) is 10.5. The topological polar surface area (TPSA) is 60.8 Å². The lowest BCUT2D eigenvalue weighted by Crippen LogP contribution is -2.22. The molecule has 21 heavy (non-hydrogen) atoms. The van der Waals surface area contributed by atoms with Gasteiger partial charge in [0.1, 0.15) is 0 Å². The number of benzene rings is 1. The number of carbonyl (C=O) groups excluding carboxylic acids is 1. The summed E-state index contributed by atoms with van der Waals surface area (Å²) in [6, 6.07) is 5.64. The Morgan fingerprint density at radius 3 is 2.43 bits per heavy atom. The van der Waals surface area contributed by atoms with E-state index in [0.29, 0.717) is 10.9 Å². The third-order valence-corrected chi connectivity index (χ3v) is 3.26. The fraction of sp³-hybridized carbons (Fsp3) is 0.333. The number of fused-ring (bicyclic) bond motifs is 1. The van der Waals surface area contributed by atoms with E-state index in [4.69, 9.17) is 9.47 Å². The summed E-state index contributed by atoms with van der Waals surface area (Å²) in [5.41, 5.74) is 1.25. The van der Waals surface area contributed by atoms with E-state index < -0.39 is 11.5 Å². The van der Waals surface area contributed by atoms with Gasteiger partial charge in [0.05, 0.1) is 12.6 Å². The monoisotopic (exact) mass is 290 g/mol. The Balaban J connectivity index is 2.85. The largest absolute Gasteiger partial charge is 0.492 e. The van der Waals surface area contributed by atoms with Crippen molar-refractivity contribution in [1.29, 1.82) is 0 Å². The molecule has 0 saturated heterocycles. The molecule has 0 saturated carbocycles. The number of hydrogen-bond donors (Lipinski definition) is 0. The zero-order valence-electron chi connectivity index (χ0n) is 12.8. The molecule has 0 fully saturated rings. The van der Waals surface area contributed by atoms with Crippen molar-refractivity contribution in [3.05, 3.63) is 28.6 Å². The lowest BCUT2D eigenvalue weighted by Gasteiger charge is -2.17. The quantitative estimate of drug-likeness (QED) is 0.802. The van der Waals surface area contributed by atoms with Crippen LogP contribution in [0.15, 0.2) is 23.0 Å². The molecule has 0 unspecified atom stereocenters. The van der Waals surface area contributed by atoms with Crippen LogP contribution in [0.1, 0.15) is 6.92 Å². The third kappa shape index (κ3) is 2.56. The highest BCUT2D eigenvalue weighted by atomic mass is 16.6. The van der Waals surface area contributed by atoms with E-state index >= 15 is 0 Å². The minimum absolute atomic E-state index is 0.0856. The highest BCUT2D eigenvalue weighted by Gasteiger charge is 2.19. The van der Waals surface area contributed by atoms with Crippen molar-refractivity contribution in [2.24, 2.45) is 7.05 Å². The van der Waals surface area contributed by atoms with Gasteiger partial charge in [0, 0.05) is 39.1 Å². The molecule has 0 aliphatic heterocycles. The minimum atomic E-state index is -0.560. The van der Waals surface area contributed by atoms with Crippen LogP contribution in [0.3, 0.4) is 0 Å². The molecular formula is C15H18N2O4. The third-order valence-electron chi connectivity index (χ3n) is 3.26. The summed E-state index contributed by atoms with van der Waals surface area (Å²) in [5.74, 6) is -0.374. The SMILES string of the molecule is COc1c(OC(C)=O)c(=O)n(C)c2cc(N(C)C)ccc12. The lowest BCUT2D eigenvalue weighted by molar-refractivity contribution is -0.132. The van der Waals surface area contributed by atoms with E-state index in [1.807, 2.05) is 37.2 Å². The molecule has 6 heteroatoms. The van der Waals surface area contributed by atoms with Gasteiger partial charge < -0.3 is 18.9 Å². The number of carbonyl (C=O) groups is 1. The van der Waals surface area contributed by atoms with E-state index in [9.17, 15) is 9.59 Å². The van der Waals surface area contributed by atoms with Crippen molar-refractivity contribution in [2.45, 2.75) is 6.92 Å². The zero-order chi connectivity index (χ0) is 15.7. The second-order valence-corrected chi connectivity index (χ2v) is 4.92. The maximum absolute atomic E-state index is 12.4. The van der Waals surface area contributed by atoms with Gasteiger partial charge in [-0.25, -0.2) is 0 Å². The Labute approximate surface area is 122 Å². The van der Waals surface area contributed by atoms with Crippen molar-refractivity contribution in [3.63, 3.8) is 0 Å². The van der Waals surface area contributed by atoms with Crippen LogP contribution in [-0.2, 0) is 11.8 Å². The van der Waals surface area contributed by atoms with Gasteiger partial charge in [-0.2, -0.15) is 0 Å². The summed E-state index contributed by atoms with van der Waals surface area (Å²) in [5, 5.41) is 0.710. The Morgan fingerprint density at radius 1 is 1.24 bits per heavy atom.